The molecule has 4 nitrogen and oxygen atoms in total. The molecule has 0 heterocycles. The van der Waals surface area contributed by atoms with Gasteiger partial charge in [-0.05, 0) is 25.4 Å². The zero-order chi connectivity index (χ0) is 8.85. The highest BCUT2D eigenvalue weighted by atomic mass is 28.3. The van der Waals surface area contributed by atoms with E-state index in [1.165, 1.54) is 7.11 Å². The minimum absolute atomic E-state index is 0.000833. The molecule has 0 saturated carbocycles. The highest BCUT2D eigenvalue weighted by Gasteiger charge is 2.19. The van der Waals surface area contributed by atoms with Gasteiger partial charge in [-0.3, -0.25) is 4.80 Å². The van der Waals surface area contributed by atoms with Crippen molar-refractivity contribution in [2.24, 2.45) is 17.4 Å². The van der Waals surface area contributed by atoms with Gasteiger partial charge in [-0.2, -0.15) is 0 Å². The lowest BCUT2D eigenvalue weighted by atomic mass is 10.1. The van der Waals surface area contributed by atoms with Crippen LogP contribution in [-0.2, 0) is 9.22 Å². The Morgan fingerprint density at radius 3 is 2.45 bits per heavy atom. The molecule has 0 aliphatic rings. The van der Waals surface area contributed by atoms with Crippen molar-refractivity contribution in [3.8, 4) is 0 Å². The van der Waals surface area contributed by atoms with Crippen molar-refractivity contribution in [2.75, 3.05) is 13.7 Å². The molecular weight excluding hydrogens is 160 g/mol. The average Bonchev–Trinajstić information content (AvgIpc) is 1.99. The SMILES string of the molecule is CO[SiH]([O])CC(CN)C(C)N. The fraction of sp³-hybridized carbons (Fsp3) is 1.00. The number of rotatable bonds is 5. The molecule has 5 heteroatoms. The summed E-state index contributed by atoms with van der Waals surface area (Å²) in [5, 5.41) is 0. The minimum Gasteiger partial charge on any atom is -0.398 e. The summed E-state index contributed by atoms with van der Waals surface area (Å²) in [5.74, 6) is 0.129. The molecule has 3 unspecified atom stereocenters. The molecule has 4 N–H and O–H groups in total. The number of nitrogens with two attached hydrogens (primary N) is 2. The van der Waals surface area contributed by atoms with Crippen LogP contribution in [-0.4, -0.2) is 29.0 Å². The summed E-state index contributed by atoms with van der Waals surface area (Å²) >= 11 is 0. The molecule has 0 rings (SSSR count). The van der Waals surface area contributed by atoms with Gasteiger partial charge in [0.25, 0.3) is 0 Å². The third-order valence-electron chi connectivity index (χ3n) is 1.80. The maximum atomic E-state index is 11.0. The Balaban J connectivity index is 3.68. The molecule has 0 aromatic heterocycles. The Morgan fingerprint density at radius 2 is 2.18 bits per heavy atom. The van der Waals surface area contributed by atoms with Gasteiger partial charge in [-0.15, -0.1) is 0 Å². The average molecular weight is 177 g/mol. The molecule has 0 aliphatic heterocycles. The van der Waals surface area contributed by atoms with Crippen LogP contribution in [0.5, 0.6) is 0 Å². The molecule has 11 heavy (non-hydrogen) atoms. The van der Waals surface area contributed by atoms with E-state index in [9.17, 15) is 4.80 Å². The van der Waals surface area contributed by atoms with Gasteiger partial charge in [0.2, 0.25) is 0 Å². The van der Waals surface area contributed by atoms with Crippen molar-refractivity contribution >= 4 is 9.28 Å². The number of hydrogen-bond acceptors (Lipinski definition) is 3. The molecule has 0 aromatic rings. The van der Waals surface area contributed by atoms with E-state index in [1.54, 1.807) is 0 Å². The lowest BCUT2D eigenvalue weighted by Gasteiger charge is -2.18. The first kappa shape index (κ1) is 11.1. The molecule has 0 aliphatic carbocycles. The van der Waals surface area contributed by atoms with Gasteiger partial charge >= 0.3 is 9.28 Å². The Labute approximate surface area is 69.4 Å². The summed E-state index contributed by atoms with van der Waals surface area (Å²) in [6.45, 7) is 2.35. The predicted octanol–water partition coefficient (Wildman–Crippen LogP) is -0.794. The van der Waals surface area contributed by atoms with Crippen molar-refractivity contribution in [1.82, 2.24) is 0 Å². The second-order valence-electron chi connectivity index (χ2n) is 2.76. The molecule has 0 fully saturated rings. The van der Waals surface area contributed by atoms with Crippen molar-refractivity contribution in [3.63, 3.8) is 0 Å². The zero-order valence-electron chi connectivity index (χ0n) is 7.12. The Hall–Kier alpha value is 0.0569. The van der Waals surface area contributed by atoms with Crippen LogP contribution < -0.4 is 11.5 Å². The van der Waals surface area contributed by atoms with Crippen LogP contribution in [0.15, 0.2) is 0 Å². The standard InChI is InChI=1S/C6H17N2O2Si/c1-5(8)6(3-7)4-11(9)10-2/h5-6,11H,3-4,7-8H2,1-2H3. The van der Waals surface area contributed by atoms with E-state index in [-0.39, 0.29) is 12.0 Å². The fourth-order valence-electron chi connectivity index (χ4n) is 0.869. The molecule has 0 spiro atoms. The molecule has 67 valence electrons. The molecule has 0 saturated heterocycles. The van der Waals surface area contributed by atoms with Crippen molar-refractivity contribution in [3.05, 3.63) is 0 Å². The largest absolute Gasteiger partial charge is 0.398 e. The monoisotopic (exact) mass is 177 g/mol. The van der Waals surface area contributed by atoms with Crippen LogP contribution >= 0.6 is 0 Å². The fourth-order valence-corrected chi connectivity index (χ4v) is 2.18. The van der Waals surface area contributed by atoms with Gasteiger partial charge in [0.15, 0.2) is 0 Å². The first-order chi connectivity index (χ1) is 5.11. The molecule has 0 bridgehead atoms. The van der Waals surface area contributed by atoms with Crippen molar-refractivity contribution < 1.29 is 9.22 Å². The highest BCUT2D eigenvalue weighted by molar-refractivity contribution is 6.42. The van der Waals surface area contributed by atoms with E-state index in [0.717, 1.165) is 0 Å². The summed E-state index contributed by atoms with van der Waals surface area (Å²) in [4.78, 5) is 11.0. The summed E-state index contributed by atoms with van der Waals surface area (Å²) in [6.07, 6.45) is 0. The minimum atomic E-state index is -2.22. The van der Waals surface area contributed by atoms with Crippen LogP contribution in [0, 0.1) is 5.92 Å². The molecule has 3 atom stereocenters. The van der Waals surface area contributed by atoms with E-state index in [1.807, 2.05) is 6.92 Å². The van der Waals surface area contributed by atoms with E-state index in [2.05, 4.69) is 0 Å². The first-order valence-corrected chi connectivity index (χ1v) is 5.52. The van der Waals surface area contributed by atoms with Gasteiger partial charge in [-0.1, -0.05) is 0 Å². The number of hydrogen-bond donors (Lipinski definition) is 2. The van der Waals surface area contributed by atoms with E-state index in [0.29, 0.717) is 12.6 Å². The van der Waals surface area contributed by atoms with Crippen LogP contribution in [0.25, 0.3) is 0 Å². The molecule has 1 radical (unpaired) electrons. The van der Waals surface area contributed by atoms with Crippen LogP contribution in [0.3, 0.4) is 0 Å². The maximum Gasteiger partial charge on any atom is 0.358 e. The van der Waals surface area contributed by atoms with E-state index in [4.69, 9.17) is 15.9 Å². The quantitative estimate of drug-likeness (QED) is 0.540. The topological polar surface area (TPSA) is 81.2 Å². The third kappa shape index (κ3) is 4.49. The molecule has 0 aromatic carbocycles. The van der Waals surface area contributed by atoms with Crippen LogP contribution in [0.4, 0.5) is 0 Å². The first-order valence-electron chi connectivity index (χ1n) is 3.76. The van der Waals surface area contributed by atoms with Crippen LogP contribution in [0.2, 0.25) is 6.04 Å². The van der Waals surface area contributed by atoms with Crippen molar-refractivity contribution in [1.29, 1.82) is 0 Å². The second kappa shape index (κ2) is 5.67. The predicted molar refractivity (Wildman–Crippen MR) is 45.8 cm³/mol. The summed E-state index contributed by atoms with van der Waals surface area (Å²) < 4.78 is 4.70. The Bertz CT molecular complexity index is 103. The zero-order valence-corrected chi connectivity index (χ0v) is 8.27. The van der Waals surface area contributed by atoms with Gasteiger partial charge in [0.1, 0.15) is 0 Å². The lowest BCUT2D eigenvalue weighted by molar-refractivity contribution is 0.268. The molecular formula is C6H17N2O2Si. The summed E-state index contributed by atoms with van der Waals surface area (Å²) in [7, 11) is -0.766. The van der Waals surface area contributed by atoms with Gasteiger partial charge in [0.05, 0.1) is 0 Å². The lowest BCUT2D eigenvalue weighted by Crippen LogP contribution is -2.35. The second-order valence-corrected chi connectivity index (χ2v) is 4.56. The smallest absolute Gasteiger partial charge is 0.358 e. The third-order valence-corrected chi connectivity index (χ3v) is 3.32. The van der Waals surface area contributed by atoms with E-state index < -0.39 is 9.28 Å². The van der Waals surface area contributed by atoms with Crippen LogP contribution in [0.1, 0.15) is 6.92 Å². The summed E-state index contributed by atoms with van der Waals surface area (Å²) in [5.41, 5.74) is 11.0. The summed E-state index contributed by atoms with van der Waals surface area (Å²) in [6, 6.07) is 0.532. The van der Waals surface area contributed by atoms with Crippen molar-refractivity contribution in [2.45, 2.75) is 19.0 Å². The normalized spacial score (nSPS) is 19.4. The van der Waals surface area contributed by atoms with Gasteiger partial charge in [-0.25, -0.2) is 0 Å². The van der Waals surface area contributed by atoms with Gasteiger partial charge < -0.3 is 15.9 Å². The Morgan fingerprint density at radius 1 is 1.64 bits per heavy atom. The van der Waals surface area contributed by atoms with Gasteiger partial charge in [0, 0.05) is 13.2 Å². The Kier molecular flexibility index (Phi) is 5.70. The maximum absolute atomic E-state index is 11.0. The molecule has 0 amide bonds. The highest BCUT2D eigenvalue weighted by Crippen LogP contribution is 2.08. The van der Waals surface area contributed by atoms with E-state index >= 15 is 0 Å².